The number of rotatable bonds is 12. The highest BCUT2D eigenvalue weighted by Crippen LogP contribution is 2.22. The molecule has 1 aromatic heterocycles. The number of H-pyrrole nitrogens is 1. The summed E-state index contributed by atoms with van der Waals surface area (Å²) in [6.45, 7) is 4.43. The van der Waals surface area contributed by atoms with Crippen LogP contribution >= 0.6 is 0 Å². The number of aryl methyl sites for hydroxylation is 1. The Bertz CT molecular complexity index is 1160. The van der Waals surface area contributed by atoms with Crippen LogP contribution in [-0.2, 0) is 24.1 Å². The molecule has 0 atom stereocenters. The Balaban J connectivity index is 1.68. The third kappa shape index (κ3) is 6.22. The van der Waals surface area contributed by atoms with Crippen LogP contribution in [0.5, 0.6) is 5.75 Å². The maximum atomic E-state index is 12.8. The first kappa shape index (κ1) is 24.0. The van der Waals surface area contributed by atoms with Gasteiger partial charge in [-0.3, -0.25) is 9.59 Å². The molecule has 33 heavy (non-hydrogen) atoms. The molecule has 0 aliphatic heterocycles. The Kier molecular flexibility index (Phi) is 8.24. The number of ketones is 1. The molecule has 7 heteroatoms. The molecule has 174 valence electrons. The zero-order chi connectivity index (χ0) is 23.8. The van der Waals surface area contributed by atoms with E-state index in [-0.39, 0.29) is 17.9 Å². The van der Waals surface area contributed by atoms with Gasteiger partial charge in [-0.1, -0.05) is 37.9 Å². The number of nitrogens with zero attached hydrogens (tertiary/aromatic N) is 1. The number of Topliss-reactive ketones (excluding diaryl/α,β-unsaturated/α-hetero) is 1. The minimum Gasteiger partial charge on any atom is -0.493 e. The predicted octanol–water partition coefficient (Wildman–Crippen LogP) is 5.18. The van der Waals surface area contributed by atoms with Gasteiger partial charge in [-0.2, -0.15) is 0 Å². The maximum Gasteiger partial charge on any atom is 0.307 e. The number of oxime groups is 1. The topological polar surface area (TPSA) is 112 Å². The summed E-state index contributed by atoms with van der Waals surface area (Å²) in [6.07, 6.45) is 3.42. The second-order valence-electron chi connectivity index (χ2n) is 8.08. The zero-order valence-electron chi connectivity index (χ0n) is 19.1. The van der Waals surface area contributed by atoms with Crippen molar-refractivity contribution in [3.8, 4) is 5.75 Å². The third-order valence-corrected chi connectivity index (χ3v) is 5.45. The fourth-order valence-electron chi connectivity index (χ4n) is 3.90. The second kappa shape index (κ2) is 11.3. The van der Waals surface area contributed by atoms with Gasteiger partial charge in [0, 0.05) is 23.2 Å². The number of hydrogen-bond acceptors (Lipinski definition) is 5. The monoisotopic (exact) mass is 450 g/mol. The van der Waals surface area contributed by atoms with Crippen LogP contribution in [0, 0.1) is 0 Å². The number of nitrogens with one attached hydrogen (secondary N) is 1. The van der Waals surface area contributed by atoms with Crippen molar-refractivity contribution in [3.63, 3.8) is 0 Å². The minimum atomic E-state index is -0.848. The fourth-order valence-corrected chi connectivity index (χ4v) is 3.90. The van der Waals surface area contributed by atoms with Crippen LogP contribution in [0.15, 0.2) is 47.6 Å². The predicted molar refractivity (Wildman–Crippen MR) is 128 cm³/mol. The summed E-state index contributed by atoms with van der Waals surface area (Å²) in [7, 11) is 0. The number of carbonyl (C=O) groups is 2. The SMILES string of the molecule is CCC/C(=N/O)C(=O)c1ccc(OCCc2cc3cc(CC(=O)O)ccc3[nH]2)cc1CCC. The molecule has 0 saturated carbocycles. The van der Waals surface area contributed by atoms with E-state index in [1.807, 2.05) is 44.2 Å². The van der Waals surface area contributed by atoms with Gasteiger partial charge in [-0.15, -0.1) is 0 Å². The first-order valence-electron chi connectivity index (χ1n) is 11.3. The van der Waals surface area contributed by atoms with Gasteiger partial charge in [0.05, 0.1) is 13.0 Å². The number of aliphatic carboxylic acids is 1. The highest BCUT2D eigenvalue weighted by atomic mass is 16.5. The molecule has 3 rings (SSSR count). The average Bonchev–Trinajstić information content (AvgIpc) is 3.19. The molecule has 0 unspecified atom stereocenters. The van der Waals surface area contributed by atoms with E-state index in [0.717, 1.165) is 47.0 Å². The number of hydrogen-bond donors (Lipinski definition) is 3. The summed E-state index contributed by atoms with van der Waals surface area (Å²) < 4.78 is 5.95. The van der Waals surface area contributed by atoms with E-state index in [9.17, 15) is 14.8 Å². The quantitative estimate of drug-likeness (QED) is 0.152. The summed E-state index contributed by atoms with van der Waals surface area (Å²) in [5, 5.41) is 22.4. The average molecular weight is 451 g/mol. The van der Waals surface area contributed by atoms with Gasteiger partial charge in [0.15, 0.2) is 0 Å². The van der Waals surface area contributed by atoms with Gasteiger partial charge in [0.1, 0.15) is 11.5 Å². The van der Waals surface area contributed by atoms with Crippen molar-refractivity contribution in [1.82, 2.24) is 4.98 Å². The standard InChI is InChI=1S/C26H30N2O5/c1-3-5-18-16-21(8-9-22(18)26(31)24(28-32)6-4-2)33-12-11-20-15-19-13-17(14-25(29)30)7-10-23(19)27-20/h7-10,13,15-16,27,32H,3-6,11-12,14H2,1-2H3,(H,29,30)/b28-24-. The van der Waals surface area contributed by atoms with Crippen LogP contribution in [0.3, 0.4) is 0 Å². The normalized spacial score (nSPS) is 11.6. The smallest absolute Gasteiger partial charge is 0.307 e. The van der Waals surface area contributed by atoms with Crippen LogP contribution in [0.25, 0.3) is 10.9 Å². The summed E-state index contributed by atoms with van der Waals surface area (Å²) in [4.78, 5) is 27.0. The Hall–Kier alpha value is -3.61. The van der Waals surface area contributed by atoms with Crippen LogP contribution in [0.1, 0.15) is 60.3 Å². The molecule has 0 radical (unpaired) electrons. The Labute approximate surface area is 193 Å². The molecule has 1 heterocycles. The molecular weight excluding hydrogens is 420 g/mol. The van der Waals surface area contributed by atoms with Gasteiger partial charge in [-0.05, 0) is 65.8 Å². The van der Waals surface area contributed by atoms with Gasteiger partial charge >= 0.3 is 5.97 Å². The molecule has 0 amide bonds. The molecule has 0 aliphatic rings. The number of aromatic nitrogens is 1. The highest BCUT2D eigenvalue weighted by Gasteiger charge is 2.18. The first-order chi connectivity index (χ1) is 15.9. The Morgan fingerprint density at radius 2 is 1.85 bits per heavy atom. The highest BCUT2D eigenvalue weighted by molar-refractivity contribution is 6.46. The van der Waals surface area contributed by atoms with Gasteiger partial charge in [0.2, 0.25) is 5.78 Å². The molecule has 3 N–H and O–H groups in total. The third-order valence-electron chi connectivity index (χ3n) is 5.45. The summed E-state index contributed by atoms with van der Waals surface area (Å²) >= 11 is 0. The van der Waals surface area contributed by atoms with E-state index in [1.54, 1.807) is 12.1 Å². The number of aromatic amines is 1. The molecule has 0 aliphatic carbocycles. The summed E-state index contributed by atoms with van der Waals surface area (Å²) in [6, 6.07) is 13.0. The lowest BCUT2D eigenvalue weighted by Gasteiger charge is -2.12. The Morgan fingerprint density at radius 3 is 2.55 bits per heavy atom. The van der Waals surface area contributed by atoms with Crippen molar-refractivity contribution < 1.29 is 24.6 Å². The molecule has 0 saturated heterocycles. The lowest BCUT2D eigenvalue weighted by molar-refractivity contribution is -0.136. The van der Waals surface area contributed by atoms with Crippen molar-refractivity contribution in [2.24, 2.45) is 5.16 Å². The van der Waals surface area contributed by atoms with Gasteiger partial charge < -0.3 is 20.0 Å². The number of carboxylic acid groups (broad SMARTS) is 1. The van der Waals surface area contributed by atoms with E-state index in [4.69, 9.17) is 9.84 Å². The number of benzene rings is 2. The molecular formula is C26H30N2O5. The molecule has 3 aromatic rings. The fraction of sp³-hybridized carbons (Fsp3) is 0.346. The van der Waals surface area contributed by atoms with Crippen LogP contribution in [0.2, 0.25) is 0 Å². The van der Waals surface area contributed by atoms with Crippen LogP contribution in [0.4, 0.5) is 0 Å². The number of fused-ring (bicyclic) bond motifs is 1. The lowest BCUT2D eigenvalue weighted by Crippen LogP contribution is -2.16. The minimum absolute atomic E-state index is 0.00223. The number of carboxylic acids is 1. The summed E-state index contributed by atoms with van der Waals surface area (Å²) in [5.41, 5.74) is 4.34. The Morgan fingerprint density at radius 1 is 1.03 bits per heavy atom. The van der Waals surface area contributed by atoms with E-state index in [1.165, 1.54) is 0 Å². The zero-order valence-corrected chi connectivity index (χ0v) is 19.1. The first-order valence-corrected chi connectivity index (χ1v) is 11.3. The lowest BCUT2D eigenvalue weighted by atomic mass is 9.96. The van der Waals surface area contributed by atoms with Crippen LogP contribution < -0.4 is 4.74 Å². The number of carbonyl (C=O) groups excluding carboxylic acids is 1. The van der Waals surface area contributed by atoms with Gasteiger partial charge in [-0.25, -0.2) is 0 Å². The van der Waals surface area contributed by atoms with Crippen molar-refractivity contribution in [2.75, 3.05) is 6.61 Å². The molecule has 7 nitrogen and oxygen atoms in total. The second-order valence-corrected chi connectivity index (χ2v) is 8.08. The van der Waals surface area contributed by atoms with Crippen molar-refractivity contribution in [2.45, 2.75) is 52.4 Å². The van der Waals surface area contributed by atoms with Crippen molar-refractivity contribution in [1.29, 1.82) is 0 Å². The maximum absolute atomic E-state index is 12.8. The van der Waals surface area contributed by atoms with E-state index < -0.39 is 5.97 Å². The molecule has 0 fully saturated rings. The molecule has 0 bridgehead atoms. The van der Waals surface area contributed by atoms with E-state index in [0.29, 0.717) is 30.8 Å². The molecule has 2 aromatic carbocycles. The van der Waals surface area contributed by atoms with E-state index >= 15 is 0 Å². The van der Waals surface area contributed by atoms with Crippen molar-refractivity contribution >= 4 is 28.4 Å². The van der Waals surface area contributed by atoms with Crippen LogP contribution in [-0.4, -0.2) is 39.4 Å². The summed E-state index contributed by atoms with van der Waals surface area (Å²) in [5.74, 6) is -0.401. The van der Waals surface area contributed by atoms with Crippen molar-refractivity contribution in [3.05, 3.63) is 64.8 Å². The largest absolute Gasteiger partial charge is 0.493 e. The van der Waals surface area contributed by atoms with Gasteiger partial charge in [0.25, 0.3) is 0 Å². The number of ether oxygens (including phenoxy) is 1. The molecule has 0 spiro atoms. The van der Waals surface area contributed by atoms with E-state index in [2.05, 4.69) is 10.1 Å².